The molecule has 0 saturated carbocycles. The van der Waals surface area contributed by atoms with Gasteiger partial charge in [-0.1, -0.05) is 13.8 Å². The van der Waals surface area contributed by atoms with Crippen LogP contribution in [0, 0.1) is 6.92 Å². The van der Waals surface area contributed by atoms with E-state index >= 15 is 0 Å². The van der Waals surface area contributed by atoms with Crippen LogP contribution in [0.5, 0.6) is 0 Å². The van der Waals surface area contributed by atoms with Crippen LogP contribution in [-0.4, -0.2) is 60.9 Å². The highest BCUT2D eigenvalue weighted by atomic mass is 32.2. The summed E-state index contributed by atoms with van der Waals surface area (Å²) in [6.45, 7) is 8.21. The summed E-state index contributed by atoms with van der Waals surface area (Å²) >= 11 is 0. The molecule has 8 heteroatoms. The maximum Gasteiger partial charge on any atom is 0.371 e. The van der Waals surface area contributed by atoms with Crippen molar-refractivity contribution in [2.45, 2.75) is 38.1 Å². The van der Waals surface area contributed by atoms with E-state index in [1.54, 1.807) is 0 Å². The maximum absolute atomic E-state index is 12.7. The molecule has 0 unspecified atom stereocenters. The van der Waals surface area contributed by atoms with Gasteiger partial charge in [-0.2, -0.15) is 4.31 Å². The average molecular weight is 330 g/mol. The van der Waals surface area contributed by atoms with Crippen molar-refractivity contribution in [3.05, 3.63) is 17.6 Å². The molecule has 2 heterocycles. The monoisotopic (exact) mass is 330 g/mol. The lowest BCUT2D eigenvalue weighted by Gasteiger charge is -2.25. The number of sulfonamides is 1. The van der Waals surface area contributed by atoms with Gasteiger partial charge in [0.2, 0.25) is 15.8 Å². The van der Waals surface area contributed by atoms with E-state index in [1.165, 1.54) is 11.2 Å². The van der Waals surface area contributed by atoms with Crippen LogP contribution in [0.3, 0.4) is 0 Å². The van der Waals surface area contributed by atoms with Gasteiger partial charge in [0.05, 0.1) is 0 Å². The molecular weight excluding hydrogens is 308 g/mol. The van der Waals surface area contributed by atoms with Crippen molar-refractivity contribution in [3.8, 4) is 0 Å². The normalized spacial score (nSPS) is 19.9. The molecule has 0 aliphatic carbocycles. The Balaban J connectivity index is 2.23. The number of likely N-dealkylation sites (N-methyl/N-ethyl adjacent to an activating group) is 1. The van der Waals surface area contributed by atoms with Gasteiger partial charge in [-0.05, 0) is 26.4 Å². The first kappa shape index (κ1) is 17.0. The van der Waals surface area contributed by atoms with Crippen molar-refractivity contribution in [2.24, 2.45) is 0 Å². The summed E-state index contributed by atoms with van der Waals surface area (Å²) in [5.74, 6) is -1.51. The number of rotatable bonds is 6. The number of hydrogen-bond acceptors (Lipinski definition) is 5. The van der Waals surface area contributed by atoms with Gasteiger partial charge in [0, 0.05) is 25.2 Å². The van der Waals surface area contributed by atoms with Gasteiger partial charge in [0.25, 0.3) is 0 Å². The van der Waals surface area contributed by atoms with Gasteiger partial charge >= 0.3 is 5.97 Å². The third kappa shape index (κ3) is 3.04. The van der Waals surface area contributed by atoms with E-state index in [4.69, 9.17) is 9.52 Å². The Morgan fingerprint density at radius 3 is 2.59 bits per heavy atom. The highest BCUT2D eigenvalue weighted by Crippen LogP contribution is 2.27. The van der Waals surface area contributed by atoms with Crippen LogP contribution in [0.2, 0.25) is 0 Å². The first-order valence-corrected chi connectivity index (χ1v) is 8.83. The lowest BCUT2D eigenvalue weighted by molar-refractivity contribution is 0.0661. The molecule has 1 aromatic rings. The molecule has 7 nitrogen and oxygen atoms in total. The number of hydrogen-bond donors (Lipinski definition) is 1. The summed E-state index contributed by atoms with van der Waals surface area (Å²) in [6.07, 6.45) is 0.781. The van der Waals surface area contributed by atoms with Crippen molar-refractivity contribution in [1.29, 1.82) is 0 Å². The second kappa shape index (κ2) is 6.39. The number of aryl methyl sites for hydroxylation is 1. The van der Waals surface area contributed by atoms with Gasteiger partial charge in [-0.15, -0.1) is 0 Å². The largest absolute Gasteiger partial charge is 0.475 e. The van der Waals surface area contributed by atoms with Crippen molar-refractivity contribution in [1.82, 2.24) is 9.21 Å². The summed E-state index contributed by atoms with van der Waals surface area (Å²) in [7, 11) is -3.72. The summed E-state index contributed by atoms with van der Waals surface area (Å²) in [4.78, 5) is 13.1. The summed E-state index contributed by atoms with van der Waals surface area (Å²) in [6, 6.07) is 1.30. The maximum atomic E-state index is 12.7. The fraction of sp³-hybridized carbons (Fsp3) is 0.643. The molecule has 0 radical (unpaired) electrons. The Labute approximate surface area is 130 Å². The van der Waals surface area contributed by atoms with Gasteiger partial charge in [0.15, 0.2) is 0 Å². The Kier molecular flexibility index (Phi) is 4.93. The number of furan rings is 1. The summed E-state index contributed by atoms with van der Waals surface area (Å²) < 4.78 is 31.8. The van der Waals surface area contributed by atoms with Gasteiger partial charge < -0.3 is 9.52 Å². The van der Waals surface area contributed by atoms with Crippen LogP contribution < -0.4 is 0 Å². The number of nitrogens with zero attached hydrogens (tertiary/aromatic N) is 2. The SMILES string of the molecule is CCN(CC)[C@H]1CCN(S(=O)(=O)c2cc(C(=O)O)oc2C)C1. The summed E-state index contributed by atoms with van der Waals surface area (Å²) in [5.41, 5.74) is 0. The first-order chi connectivity index (χ1) is 10.3. The molecule has 2 rings (SSSR count). The zero-order valence-electron chi connectivity index (χ0n) is 13.1. The fourth-order valence-electron chi connectivity index (χ4n) is 2.93. The smallest absolute Gasteiger partial charge is 0.371 e. The second-order valence-corrected chi connectivity index (χ2v) is 7.27. The van der Waals surface area contributed by atoms with Crippen LogP contribution in [-0.2, 0) is 10.0 Å². The molecule has 124 valence electrons. The Morgan fingerprint density at radius 1 is 1.45 bits per heavy atom. The lowest BCUT2D eigenvalue weighted by Crippen LogP contribution is -2.38. The Hall–Kier alpha value is -1.38. The van der Waals surface area contributed by atoms with Crippen LogP contribution in [0.1, 0.15) is 36.6 Å². The molecule has 0 amide bonds. The molecule has 1 fully saturated rings. The van der Waals surface area contributed by atoms with Crippen molar-refractivity contribution < 1.29 is 22.7 Å². The zero-order valence-corrected chi connectivity index (χ0v) is 13.9. The van der Waals surface area contributed by atoms with Crippen LogP contribution >= 0.6 is 0 Å². The minimum atomic E-state index is -3.72. The highest BCUT2D eigenvalue weighted by Gasteiger charge is 2.36. The zero-order chi connectivity index (χ0) is 16.5. The van der Waals surface area contributed by atoms with Gasteiger partial charge in [-0.3, -0.25) is 4.90 Å². The van der Waals surface area contributed by atoms with E-state index in [-0.39, 0.29) is 22.5 Å². The summed E-state index contributed by atoms with van der Waals surface area (Å²) in [5, 5.41) is 8.92. The van der Waals surface area contributed by atoms with E-state index < -0.39 is 16.0 Å². The van der Waals surface area contributed by atoms with E-state index in [0.717, 1.165) is 25.6 Å². The van der Waals surface area contributed by atoms with Gasteiger partial charge in [-0.25, -0.2) is 13.2 Å². The van der Waals surface area contributed by atoms with E-state index in [9.17, 15) is 13.2 Å². The first-order valence-electron chi connectivity index (χ1n) is 7.39. The number of carbonyl (C=O) groups is 1. The Morgan fingerprint density at radius 2 is 2.09 bits per heavy atom. The van der Waals surface area contributed by atoms with Gasteiger partial charge in [0.1, 0.15) is 10.7 Å². The van der Waals surface area contributed by atoms with E-state index in [0.29, 0.717) is 13.1 Å². The lowest BCUT2D eigenvalue weighted by atomic mass is 10.2. The molecule has 0 bridgehead atoms. The second-order valence-electron chi connectivity index (χ2n) is 5.36. The fourth-order valence-corrected chi connectivity index (χ4v) is 4.59. The third-order valence-corrected chi connectivity index (χ3v) is 6.13. The molecule has 1 aliphatic rings. The minimum Gasteiger partial charge on any atom is -0.475 e. The van der Waals surface area contributed by atoms with Crippen molar-refractivity contribution in [3.63, 3.8) is 0 Å². The van der Waals surface area contributed by atoms with Crippen LogP contribution in [0.4, 0.5) is 0 Å². The van der Waals surface area contributed by atoms with Crippen LogP contribution in [0.15, 0.2) is 15.4 Å². The number of aromatic carboxylic acids is 1. The van der Waals surface area contributed by atoms with Crippen molar-refractivity contribution in [2.75, 3.05) is 26.2 Å². The Bertz CT molecular complexity index is 648. The molecule has 1 aliphatic heterocycles. The quantitative estimate of drug-likeness (QED) is 0.847. The topological polar surface area (TPSA) is 91.1 Å². The molecule has 1 aromatic heterocycles. The van der Waals surface area contributed by atoms with E-state index in [2.05, 4.69) is 18.7 Å². The van der Waals surface area contributed by atoms with Crippen LogP contribution in [0.25, 0.3) is 0 Å². The highest BCUT2D eigenvalue weighted by molar-refractivity contribution is 7.89. The minimum absolute atomic E-state index is 0.0508. The molecule has 0 aromatic carbocycles. The third-order valence-electron chi connectivity index (χ3n) is 4.16. The van der Waals surface area contributed by atoms with Crippen molar-refractivity contribution >= 4 is 16.0 Å². The molecule has 1 atom stereocenters. The predicted molar refractivity (Wildman–Crippen MR) is 80.5 cm³/mol. The molecule has 1 N–H and O–H groups in total. The standard InChI is InChI=1S/C14H22N2O5S/c1-4-15(5-2)11-6-7-16(9-11)22(19,20)13-8-12(14(17)18)21-10(13)3/h8,11H,4-7,9H2,1-3H3,(H,17,18)/t11-/m0/s1. The molecule has 1 saturated heterocycles. The average Bonchev–Trinajstić information content (AvgIpc) is 3.07. The molecular formula is C14H22N2O5S. The number of carboxylic acid groups (broad SMARTS) is 1. The van der Waals surface area contributed by atoms with E-state index in [1.807, 2.05) is 0 Å². The molecule has 0 spiro atoms. The number of carboxylic acids is 1. The predicted octanol–water partition coefficient (Wildman–Crippen LogP) is 1.39. The molecule has 22 heavy (non-hydrogen) atoms.